The van der Waals surface area contributed by atoms with Crippen LogP contribution in [0.2, 0.25) is 0 Å². The Bertz CT molecular complexity index is 1480. The average Bonchev–Trinajstić information content (AvgIpc) is 3.47. The van der Waals surface area contributed by atoms with Crippen LogP contribution in [-0.4, -0.2) is 48.3 Å². The fourth-order valence-corrected chi connectivity index (χ4v) is 3.88. The molecule has 0 unspecified atom stereocenters. The summed E-state index contributed by atoms with van der Waals surface area (Å²) in [5, 5.41) is 17.3. The molecule has 1 amide bonds. The fourth-order valence-electron chi connectivity index (χ4n) is 3.88. The molecule has 0 spiro atoms. The van der Waals surface area contributed by atoms with Crippen molar-refractivity contribution in [3.8, 4) is 17.1 Å². The number of amides is 1. The Morgan fingerprint density at radius 1 is 1.09 bits per heavy atom. The number of hydrogen-bond donors (Lipinski definition) is 2. The van der Waals surface area contributed by atoms with Crippen molar-refractivity contribution in [1.29, 1.82) is 0 Å². The molecule has 4 heterocycles. The number of nitrogens with one attached hydrogen (secondary N) is 1. The van der Waals surface area contributed by atoms with Gasteiger partial charge in [-0.2, -0.15) is 5.10 Å². The van der Waals surface area contributed by atoms with Crippen molar-refractivity contribution in [1.82, 2.24) is 29.5 Å². The van der Waals surface area contributed by atoms with Crippen LogP contribution in [0.4, 0.5) is 0 Å². The van der Waals surface area contributed by atoms with Crippen molar-refractivity contribution >= 4 is 22.6 Å². The van der Waals surface area contributed by atoms with E-state index in [1.165, 1.54) is 0 Å². The monoisotopic (exact) mass is 440 g/mol. The summed E-state index contributed by atoms with van der Waals surface area (Å²) >= 11 is 0. The largest absolute Gasteiger partial charge is 0.395 e. The lowest BCUT2D eigenvalue weighted by molar-refractivity contribution is 0.0940. The van der Waals surface area contributed by atoms with Gasteiger partial charge in [0.25, 0.3) is 5.91 Å². The summed E-state index contributed by atoms with van der Waals surface area (Å²) in [6.45, 7) is 4.20. The van der Waals surface area contributed by atoms with Crippen LogP contribution in [0.3, 0.4) is 0 Å². The van der Waals surface area contributed by atoms with Gasteiger partial charge in [0.05, 0.1) is 29.4 Å². The zero-order valence-corrected chi connectivity index (χ0v) is 18.5. The van der Waals surface area contributed by atoms with Gasteiger partial charge in [-0.1, -0.05) is 19.1 Å². The quantitative estimate of drug-likeness (QED) is 0.422. The summed E-state index contributed by atoms with van der Waals surface area (Å²) in [7, 11) is 0. The van der Waals surface area contributed by atoms with Crippen LogP contribution >= 0.6 is 0 Å². The van der Waals surface area contributed by atoms with Crippen LogP contribution in [0.5, 0.6) is 0 Å². The van der Waals surface area contributed by atoms with E-state index in [0.717, 1.165) is 40.1 Å². The highest BCUT2D eigenvalue weighted by molar-refractivity contribution is 5.93. The first-order valence-corrected chi connectivity index (χ1v) is 10.9. The van der Waals surface area contributed by atoms with Crippen molar-refractivity contribution in [2.45, 2.75) is 20.3 Å². The third kappa shape index (κ3) is 3.85. The molecule has 0 bridgehead atoms. The Kier molecular flexibility index (Phi) is 5.35. The molecule has 0 atom stereocenters. The van der Waals surface area contributed by atoms with Crippen LogP contribution in [0, 0.1) is 6.92 Å². The Morgan fingerprint density at radius 3 is 2.73 bits per heavy atom. The minimum absolute atomic E-state index is 0.124. The van der Waals surface area contributed by atoms with Gasteiger partial charge in [0.2, 0.25) is 0 Å². The van der Waals surface area contributed by atoms with Crippen molar-refractivity contribution < 1.29 is 9.90 Å². The lowest BCUT2D eigenvalue weighted by Gasteiger charge is -2.09. The molecule has 8 nitrogen and oxygen atoms in total. The highest BCUT2D eigenvalue weighted by Gasteiger charge is 2.16. The summed E-state index contributed by atoms with van der Waals surface area (Å²) in [4.78, 5) is 21.7. The Labute approximate surface area is 190 Å². The number of aliphatic hydroxyl groups is 1. The van der Waals surface area contributed by atoms with Gasteiger partial charge in [0.1, 0.15) is 17.0 Å². The molecule has 0 fully saturated rings. The number of fused-ring (bicyclic) bond motifs is 3. The molecular formula is C25H24N6O2. The minimum atomic E-state index is -0.331. The highest BCUT2D eigenvalue weighted by atomic mass is 16.3. The number of aromatic nitrogens is 5. The molecule has 5 aromatic rings. The van der Waals surface area contributed by atoms with Gasteiger partial charge >= 0.3 is 0 Å². The lowest BCUT2D eigenvalue weighted by atomic mass is 10.2. The van der Waals surface area contributed by atoms with Crippen LogP contribution in [0.1, 0.15) is 28.7 Å². The molecule has 166 valence electrons. The van der Waals surface area contributed by atoms with E-state index in [0.29, 0.717) is 11.3 Å². The van der Waals surface area contributed by atoms with E-state index < -0.39 is 0 Å². The maximum absolute atomic E-state index is 12.3. The Morgan fingerprint density at radius 2 is 1.94 bits per heavy atom. The summed E-state index contributed by atoms with van der Waals surface area (Å²) < 4.78 is 3.75. The second kappa shape index (κ2) is 8.48. The zero-order chi connectivity index (χ0) is 22.9. The first-order valence-electron chi connectivity index (χ1n) is 10.9. The van der Waals surface area contributed by atoms with E-state index in [9.17, 15) is 4.79 Å². The van der Waals surface area contributed by atoms with Crippen molar-refractivity contribution in [2.24, 2.45) is 0 Å². The molecule has 33 heavy (non-hydrogen) atoms. The number of rotatable bonds is 6. The van der Waals surface area contributed by atoms with Gasteiger partial charge in [0, 0.05) is 18.1 Å². The third-order valence-corrected chi connectivity index (χ3v) is 5.54. The number of aliphatic hydroxyl groups excluding tert-OH is 1. The SMILES string of the molecule is CCc1cc(-c2ccc3ccc4nc(C(=O)NCCO)cn4c3n2)n(-c2cccc(C)c2)n1. The standard InChI is InChI=1S/C25H24N6O2/c1-3-18-14-22(31(29-18)19-6-4-5-16(2)13-19)20-9-7-17-8-10-23-27-21(25(33)26-11-12-32)15-30(23)24(17)28-20/h4-10,13-15,32H,3,11-12H2,1-2H3,(H,26,33). The van der Waals surface area contributed by atoms with E-state index in [4.69, 9.17) is 15.2 Å². The number of carbonyl (C=O) groups excluding carboxylic acids is 1. The second-order valence-corrected chi connectivity index (χ2v) is 7.90. The predicted octanol–water partition coefficient (Wildman–Crippen LogP) is 3.33. The topological polar surface area (TPSA) is 97.3 Å². The van der Waals surface area contributed by atoms with Crippen LogP contribution < -0.4 is 5.32 Å². The molecular weight excluding hydrogens is 416 g/mol. The van der Waals surface area contributed by atoms with Gasteiger partial charge in [0.15, 0.2) is 0 Å². The van der Waals surface area contributed by atoms with E-state index in [1.807, 2.05) is 45.5 Å². The molecule has 0 aliphatic heterocycles. The normalized spacial score (nSPS) is 11.4. The van der Waals surface area contributed by atoms with E-state index in [2.05, 4.69) is 42.3 Å². The predicted molar refractivity (Wildman–Crippen MR) is 127 cm³/mol. The second-order valence-electron chi connectivity index (χ2n) is 7.90. The first kappa shape index (κ1) is 20.8. The smallest absolute Gasteiger partial charge is 0.271 e. The Balaban J connectivity index is 1.65. The number of hydrogen-bond acceptors (Lipinski definition) is 5. The molecule has 0 saturated heterocycles. The van der Waals surface area contributed by atoms with Gasteiger partial charge in [-0.25, -0.2) is 14.6 Å². The number of nitrogens with zero attached hydrogens (tertiary/aromatic N) is 5. The minimum Gasteiger partial charge on any atom is -0.395 e. The molecule has 1 aromatic carbocycles. The van der Waals surface area contributed by atoms with E-state index >= 15 is 0 Å². The molecule has 0 aliphatic rings. The number of benzene rings is 1. The summed E-state index contributed by atoms with van der Waals surface area (Å²) in [5.74, 6) is -0.331. The molecule has 0 saturated carbocycles. The maximum Gasteiger partial charge on any atom is 0.271 e. The van der Waals surface area contributed by atoms with Crippen molar-refractivity contribution in [2.75, 3.05) is 13.2 Å². The Hall–Kier alpha value is -4.04. The van der Waals surface area contributed by atoms with Gasteiger partial charge in [-0.15, -0.1) is 0 Å². The molecule has 0 aliphatic carbocycles. The van der Waals surface area contributed by atoms with Gasteiger partial charge in [-0.05, 0) is 61.4 Å². The molecule has 4 aromatic heterocycles. The number of aryl methyl sites for hydroxylation is 2. The molecule has 0 radical (unpaired) electrons. The van der Waals surface area contributed by atoms with Crippen molar-refractivity contribution in [3.63, 3.8) is 0 Å². The number of imidazole rings is 1. The lowest BCUT2D eigenvalue weighted by Crippen LogP contribution is -2.26. The third-order valence-electron chi connectivity index (χ3n) is 5.54. The maximum atomic E-state index is 12.3. The van der Waals surface area contributed by atoms with E-state index in [1.54, 1.807) is 6.20 Å². The summed E-state index contributed by atoms with van der Waals surface area (Å²) in [5.41, 5.74) is 6.41. The average molecular weight is 441 g/mol. The van der Waals surface area contributed by atoms with Gasteiger partial charge in [-0.3, -0.25) is 9.20 Å². The highest BCUT2D eigenvalue weighted by Crippen LogP contribution is 2.26. The zero-order valence-electron chi connectivity index (χ0n) is 18.5. The van der Waals surface area contributed by atoms with Crippen molar-refractivity contribution in [3.05, 3.63) is 77.7 Å². The van der Waals surface area contributed by atoms with Crippen LogP contribution in [0.15, 0.2) is 60.8 Å². The van der Waals surface area contributed by atoms with Crippen LogP contribution in [0.25, 0.3) is 33.8 Å². The summed E-state index contributed by atoms with van der Waals surface area (Å²) in [6.07, 6.45) is 2.49. The molecule has 5 rings (SSSR count). The van der Waals surface area contributed by atoms with Gasteiger partial charge < -0.3 is 10.4 Å². The van der Waals surface area contributed by atoms with E-state index in [-0.39, 0.29) is 24.8 Å². The number of pyridine rings is 2. The molecule has 8 heteroatoms. The number of carbonyl (C=O) groups is 1. The fraction of sp³-hybridized carbons (Fsp3) is 0.200. The first-order chi connectivity index (χ1) is 16.1. The van der Waals surface area contributed by atoms with Crippen LogP contribution in [-0.2, 0) is 6.42 Å². The summed E-state index contributed by atoms with van der Waals surface area (Å²) in [6, 6.07) is 18.1. The molecule has 2 N–H and O–H groups in total.